The summed E-state index contributed by atoms with van der Waals surface area (Å²) in [6.45, 7) is 1.88. The van der Waals surface area contributed by atoms with Crippen LogP contribution in [0, 0.1) is 5.82 Å². The number of nitrogens with two attached hydrogens (primary N) is 1. The zero-order chi connectivity index (χ0) is 14.5. The highest BCUT2D eigenvalue weighted by Crippen LogP contribution is 2.29. The minimum atomic E-state index is -0.302. The Hall–Kier alpha value is -0.680. The van der Waals surface area contributed by atoms with Crippen molar-refractivity contribution in [2.45, 2.75) is 31.4 Å². The molecule has 5 heteroatoms. The van der Waals surface area contributed by atoms with Crippen molar-refractivity contribution in [2.75, 3.05) is 26.7 Å². The van der Waals surface area contributed by atoms with Gasteiger partial charge in [-0.25, -0.2) is 4.39 Å². The molecule has 0 spiro atoms. The van der Waals surface area contributed by atoms with E-state index >= 15 is 0 Å². The van der Waals surface area contributed by atoms with Crippen molar-refractivity contribution in [1.82, 2.24) is 4.90 Å². The highest BCUT2D eigenvalue weighted by Gasteiger charge is 2.25. The molecule has 0 aliphatic carbocycles. The van der Waals surface area contributed by atoms with Gasteiger partial charge in [0.05, 0.1) is 12.1 Å². The number of benzene rings is 1. The first-order valence-electron chi connectivity index (χ1n) is 7.09. The lowest BCUT2D eigenvalue weighted by atomic mass is 10.0. The minimum absolute atomic E-state index is 0.202. The third-order valence-electron chi connectivity index (χ3n) is 3.85. The van der Waals surface area contributed by atoms with Gasteiger partial charge in [0.1, 0.15) is 5.82 Å². The topological polar surface area (TPSA) is 38.5 Å². The monoisotopic (exact) mass is 300 g/mol. The summed E-state index contributed by atoms with van der Waals surface area (Å²) in [6, 6.07) is 4.51. The van der Waals surface area contributed by atoms with Crippen molar-refractivity contribution in [3.8, 4) is 0 Å². The first-order chi connectivity index (χ1) is 9.63. The molecule has 0 radical (unpaired) electrons. The lowest BCUT2D eigenvalue weighted by Gasteiger charge is -2.33. The fourth-order valence-electron chi connectivity index (χ4n) is 2.75. The second-order valence-corrected chi connectivity index (χ2v) is 5.72. The van der Waals surface area contributed by atoms with Crippen LogP contribution in [-0.4, -0.2) is 37.7 Å². The molecule has 1 heterocycles. The van der Waals surface area contributed by atoms with Gasteiger partial charge in [0.25, 0.3) is 0 Å². The number of hydrogen-bond acceptors (Lipinski definition) is 3. The van der Waals surface area contributed by atoms with E-state index in [1.165, 1.54) is 12.5 Å². The summed E-state index contributed by atoms with van der Waals surface area (Å²) < 4.78 is 19.8. The van der Waals surface area contributed by atoms with Crippen molar-refractivity contribution < 1.29 is 9.13 Å². The lowest BCUT2D eigenvalue weighted by Crippen LogP contribution is -2.38. The van der Waals surface area contributed by atoms with Crippen LogP contribution in [0.5, 0.6) is 0 Å². The van der Waals surface area contributed by atoms with Gasteiger partial charge in [0.15, 0.2) is 0 Å². The molecule has 0 saturated carbocycles. The first kappa shape index (κ1) is 15.7. The first-order valence-corrected chi connectivity index (χ1v) is 7.47. The van der Waals surface area contributed by atoms with Crippen LogP contribution in [0.15, 0.2) is 18.2 Å². The molecular formula is C15H22ClFN2O. The number of halogens is 2. The molecule has 1 aliphatic heterocycles. The fourth-order valence-corrected chi connectivity index (χ4v) is 3.04. The van der Waals surface area contributed by atoms with E-state index in [0.29, 0.717) is 17.1 Å². The summed E-state index contributed by atoms with van der Waals surface area (Å²) in [7, 11) is 1.94. The van der Waals surface area contributed by atoms with Gasteiger partial charge < -0.3 is 10.5 Å². The molecule has 2 rings (SSSR count). The fraction of sp³-hybridized carbons (Fsp3) is 0.600. The summed E-state index contributed by atoms with van der Waals surface area (Å²) in [5.74, 6) is -0.302. The Balaban J connectivity index is 2.10. The van der Waals surface area contributed by atoms with Crippen LogP contribution in [-0.2, 0) is 4.74 Å². The van der Waals surface area contributed by atoms with E-state index in [-0.39, 0.29) is 18.0 Å². The molecular weight excluding hydrogens is 279 g/mol. The maximum atomic E-state index is 14.0. The molecule has 1 aromatic carbocycles. The van der Waals surface area contributed by atoms with Gasteiger partial charge in [0, 0.05) is 30.3 Å². The Morgan fingerprint density at radius 3 is 2.90 bits per heavy atom. The van der Waals surface area contributed by atoms with E-state index in [4.69, 9.17) is 22.1 Å². The molecule has 0 bridgehead atoms. The number of rotatable bonds is 5. The van der Waals surface area contributed by atoms with Gasteiger partial charge in [-0.2, -0.15) is 0 Å². The highest BCUT2D eigenvalue weighted by atomic mass is 35.5. The van der Waals surface area contributed by atoms with E-state index in [2.05, 4.69) is 0 Å². The van der Waals surface area contributed by atoms with E-state index in [1.54, 1.807) is 12.1 Å². The van der Waals surface area contributed by atoms with Gasteiger partial charge in [-0.05, 0) is 38.4 Å². The van der Waals surface area contributed by atoms with Gasteiger partial charge in [-0.1, -0.05) is 17.7 Å². The van der Waals surface area contributed by atoms with E-state index in [0.717, 1.165) is 26.0 Å². The van der Waals surface area contributed by atoms with Crippen molar-refractivity contribution in [3.05, 3.63) is 34.6 Å². The van der Waals surface area contributed by atoms with E-state index in [1.807, 2.05) is 11.9 Å². The standard InChI is InChI=1S/C15H22ClFN2O/c1-19(10-11-5-2-3-8-20-11)14(9-18)15-12(16)6-4-7-13(15)17/h4,6-7,11,14H,2-3,5,8-10,18H2,1H3. The predicted octanol–water partition coefficient (Wildman–Crippen LogP) is 2.98. The molecule has 1 fully saturated rings. The summed E-state index contributed by atoms with van der Waals surface area (Å²) in [5.41, 5.74) is 6.32. The molecule has 20 heavy (non-hydrogen) atoms. The normalized spacial score (nSPS) is 21.1. The number of nitrogens with zero attached hydrogens (tertiary/aromatic N) is 1. The second-order valence-electron chi connectivity index (χ2n) is 5.31. The predicted molar refractivity (Wildman–Crippen MR) is 79.4 cm³/mol. The molecule has 112 valence electrons. The maximum absolute atomic E-state index is 14.0. The number of hydrogen-bond donors (Lipinski definition) is 1. The van der Waals surface area contributed by atoms with Crippen molar-refractivity contribution in [2.24, 2.45) is 5.73 Å². The van der Waals surface area contributed by atoms with Crippen molar-refractivity contribution >= 4 is 11.6 Å². The Kier molecular flexibility index (Phi) is 5.78. The molecule has 1 aromatic rings. The highest BCUT2D eigenvalue weighted by molar-refractivity contribution is 6.31. The Morgan fingerprint density at radius 2 is 2.30 bits per heavy atom. The van der Waals surface area contributed by atoms with Crippen LogP contribution < -0.4 is 5.73 Å². The Morgan fingerprint density at radius 1 is 1.50 bits per heavy atom. The smallest absolute Gasteiger partial charge is 0.129 e. The zero-order valence-corrected chi connectivity index (χ0v) is 12.6. The molecule has 0 amide bonds. The summed E-state index contributed by atoms with van der Waals surface area (Å²) in [6.07, 6.45) is 3.56. The SMILES string of the molecule is CN(CC1CCCCO1)C(CN)c1c(F)cccc1Cl. The Bertz CT molecular complexity index is 418. The van der Waals surface area contributed by atoms with Crippen LogP contribution in [0.3, 0.4) is 0 Å². The van der Waals surface area contributed by atoms with Gasteiger partial charge in [0.2, 0.25) is 0 Å². The number of likely N-dealkylation sites (N-methyl/N-ethyl adjacent to an activating group) is 1. The van der Waals surface area contributed by atoms with E-state index in [9.17, 15) is 4.39 Å². The third-order valence-corrected chi connectivity index (χ3v) is 4.18. The largest absolute Gasteiger partial charge is 0.377 e. The van der Waals surface area contributed by atoms with Gasteiger partial charge >= 0.3 is 0 Å². The molecule has 0 aromatic heterocycles. The van der Waals surface area contributed by atoms with Crippen LogP contribution in [0.2, 0.25) is 5.02 Å². The van der Waals surface area contributed by atoms with Crippen LogP contribution in [0.1, 0.15) is 30.9 Å². The van der Waals surface area contributed by atoms with Crippen LogP contribution in [0.4, 0.5) is 4.39 Å². The lowest BCUT2D eigenvalue weighted by molar-refractivity contribution is -0.00799. The van der Waals surface area contributed by atoms with E-state index < -0.39 is 0 Å². The third kappa shape index (κ3) is 3.70. The summed E-state index contributed by atoms with van der Waals surface area (Å²) in [4.78, 5) is 2.04. The van der Waals surface area contributed by atoms with Crippen molar-refractivity contribution in [3.63, 3.8) is 0 Å². The quantitative estimate of drug-likeness (QED) is 0.908. The molecule has 1 saturated heterocycles. The van der Waals surface area contributed by atoms with Crippen LogP contribution >= 0.6 is 11.6 Å². The van der Waals surface area contributed by atoms with Crippen molar-refractivity contribution in [1.29, 1.82) is 0 Å². The second kappa shape index (κ2) is 7.36. The van der Waals surface area contributed by atoms with Gasteiger partial charge in [-0.15, -0.1) is 0 Å². The average Bonchev–Trinajstić information content (AvgIpc) is 2.44. The molecule has 1 aliphatic rings. The molecule has 2 N–H and O–H groups in total. The molecule has 2 atom stereocenters. The van der Waals surface area contributed by atoms with Crippen LogP contribution in [0.25, 0.3) is 0 Å². The summed E-state index contributed by atoms with van der Waals surface area (Å²) >= 11 is 6.14. The number of ether oxygens (including phenoxy) is 1. The maximum Gasteiger partial charge on any atom is 0.129 e. The summed E-state index contributed by atoms with van der Waals surface area (Å²) in [5, 5.41) is 0.428. The Labute approximate surface area is 124 Å². The van der Waals surface area contributed by atoms with Gasteiger partial charge in [-0.3, -0.25) is 4.90 Å². The molecule has 2 unspecified atom stereocenters. The zero-order valence-electron chi connectivity index (χ0n) is 11.8. The molecule has 3 nitrogen and oxygen atoms in total. The minimum Gasteiger partial charge on any atom is -0.377 e. The average molecular weight is 301 g/mol.